The molecule has 0 spiro atoms. The molecule has 3 nitrogen and oxygen atoms in total. The van der Waals surface area contributed by atoms with Gasteiger partial charge in [-0.3, -0.25) is 0 Å². The standard InChI is InChI=1S/C12H24N2O/c1-15-8-6-12(4-5-12)10-14-7-2-3-11(13)9-14/h11H,2-10,13H2,1H3. The van der Waals surface area contributed by atoms with E-state index >= 15 is 0 Å². The van der Waals surface area contributed by atoms with Crippen molar-refractivity contribution >= 4 is 0 Å². The van der Waals surface area contributed by atoms with Crippen molar-refractivity contribution in [1.29, 1.82) is 0 Å². The third-order valence-electron chi connectivity index (χ3n) is 3.89. The van der Waals surface area contributed by atoms with Crippen molar-refractivity contribution in [2.75, 3.05) is 33.4 Å². The lowest BCUT2D eigenvalue weighted by atomic mass is 9.99. The van der Waals surface area contributed by atoms with Crippen LogP contribution in [0.1, 0.15) is 32.1 Å². The molecular formula is C12H24N2O. The van der Waals surface area contributed by atoms with E-state index in [-0.39, 0.29) is 0 Å². The van der Waals surface area contributed by atoms with Gasteiger partial charge >= 0.3 is 0 Å². The van der Waals surface area contributed by atoms with E-state index in [2.05, 4.69) is 4.90 Å². The van der Waals surface area contributed by atoms with E-state index in [0.717, 1.165) is 13.2 Å². The highest BCUT2D eigenvalue weighted by Gasteiger charge is 2.43. The molecule has 2 rings (SSSR count). The lowest BCUT2D eigenvalue weighted by molar-refractivity contribution is 0.131. The van der Waals surface area contributed by atoms with Crippen molar-refractivity contribution < 1.29 is 4.74 Å². The fourth-order valence-corrected chi connectivity index (χ4v) is 2.69. The molecule has 1 atom stereocenters. The molecule has 1 aliphatic heterocycles. The van der Waals surface area contributed by atoms with E-state index in [9.17, 15) is 0 Å². The molecule has 0 aromatic rings. The Morgan fingerprint density at radius 2 is 2.27 bits per heavy atom. The second kappa shape index (κ2) is 4.81. The van der Waals surface area contributed by atoms with Gasteiger partial charge in [0.05, 0.1) is 0 Å². The highest BCUT2D eigenvalue weighted by atomic mass is 16.5. The Morgan fingerprint density at radius 1 is 1.47 bits per heavy atom. The van der Waals surface area contributed by atoms with Crippen LogP contribution in [0.4, 0.5) is 0 Å². The Balaban J connectivity index is 1.75. The maximum absolute atomic E-state index is 6.00. The van der Waals surface area contributed by atoms with Gasteiger partial charge in [-0.05, 0) is 44.1 Å². The van der Waals surface area contributed by atoms with Gasteiger partial charge in [0.15, 0.2) is 0 Å². The quantitative estimate of drug-likeness (QED) is 0.745. The van der Waals surface area contributed by atoms with Crippen LogP contribution in [-0.4, -0.2) is 44.3 Å². The molecule has 2 fully saturated rings. The van der Waals surface area contributed by atoms with E-state index in [1.165, 1.54) is 45.2 Å². The maximum Gasteiger partial charge on any atom is 0.0468 e. The first-order valence-corrected chi connectivity index (χ1v) is 6.21. The molecule has 88 valence electrons. The molecule has 1 saturated carbocycles. The summed E-state index contributed by atoms with van der Waals surface area (Å²) in [5.41, 5.74) is 6.59. The molecule has 1 aliphatic carbocycles. The van der Waals surface area contributed by atoms with Gasteiger partial charge in [0.2, 0.25) is 0 Å². The summed E-state index contributed by atoms with van der Waals surface area (Å²) < 4.78 is 5.18. The van der Waals surface area contributed by atoms with E-state index in [0.29, 0.717) is 11.5 Å². The molecule has 0 aromatic carbocycles. The fraction of sp³-hybridized carbons (Fsp3) is 1.00. The highest BCUT2D eigenvalue weighted by molar-refractivity contribution is 4.96. The van der Waals surface area contributed by atoms with E-state index in [1.807, 2.05) is 0 Å². The van der Waals surface area contributed by atoms with Crippen molar-refractivity contribution in [3.63, 3.8) is 0 Å². The average Bonchev–Trinajstić information content (AvgIpc) is 2.96. The number of piperidine rings is 1. The van der Waals surface area contributed by atoms with Crippen LogP contribution in [-0.2, 0) is 4.74 Å². The number of methoxy groups -OCH3 is 1. The van der Waals surface area contributed by atoms with Crippen LogP contribution in [0.3, 0.4) is 0 Å². The molecule has 1 saturated heterocycles. The lowest BCUT2D eigenvalue weighted by Crippen LogP contribution is -2.45. The predicted octanol–water partition coefficient (Wildman–Crippen LogP) is 1.23. The number of hydrogen-bond donors (Lipinski definition) is 1. The Kier molecular flexibility index (Phi) is 3.65. The van der Waals surface area contributed by atoms with Crippen LogP contribution in [0.5, 0.6) is 0 Å². The van der Waals surface area contributed by atoms with E-state index in [4.69, 9.17) is 10.5 Å². The zero-order chi connectivity index (χ0) is 10.7. The zero-order valence-electron chi connectivity index (χ0n) is 9.87. The number of likely N-dealkylation sites (tertiary alicyclic amines) is 1. The van der Waals surface area contributed by atoms with Gasteiger partial charge in [-0.2, -0.15) is 0 Å². The molecule has 0 aromatic heterocycles. The molecule has 3 heteroatoms. The summed E-state index contributed by atoms with van der Waals surface area (Å²) >= 11 is 0. The average molecular weight is 212 g/mol. The number of hydrogen-bond acceptors (Lipinski definition) is 3. The number of nitrogens with two attached hydrogens (primary N) is 1. The molecule has 1 heterocycles. The zero-order valence-corrected chi connectivity index (χ0v) is 9.87. The summed E-state index contributed by atoms with van der Waals surface area (Å²) in [7, 11) is 1.80. The van der Waals surface area contributed by atoms with Crippen molar-refractivity contribution in [3.8, 4) is 0 Å². The van der Waals surface area contributed by atoms with Gasteiger partial charge < -0.3 is 15.4 Å². The monoisotopic (exact) mass is 212 g/mol. The maximum atomic E-state index is 6.00. The first-order chi connectivity index (χ1) is 7.24. The van der Waals surface area contributed by atoms with Gasteiger partial charge in [0.1, 0.15) is 0 Å². The van der Waals surface area contributed by atoms with Crippen LogP contribution >= 0.6 is 0 Å². The minimum absolute atomic E-state index is 0.414. The van der Waals surface area contributed by atoms with Crippen molar-refractivity contribution in [2.45, 2.75) is 38.1 Å². The summed E-state index contributed by atoms with van der Waals surface area (Å²) in [6, 6.07) is 0.414. The van der Waals surface area contributed by atoms with Crippen LogP contribution in [0.2, 0.25) is 0 Å². The van der Waals surface area contributed by atoms with Crippen LogP contribution < -0.4 is 5.73 Å². The third kappa shape index (κ3) is 3.16. The second-order valence-electron chi connectivity index (χ2n) is 5.38. The number of nitrogens with zero attached hydrogens (tertiary/aromatic N) is 1. The minimum atomic E-state index is 0.414. The summed E-state index contributed by atoms with van der Waals surface area (Å²) in [6.45, 7) is 4.53. The number of rotatable bonds is 5. The fourth-order valence-electron chi connectivity index (χ4n) is 2.69. The second-order valence-corrected chi connectivity index (χ2v) is 5.38. The number of ether oxygens (including phenoxy) is 1. The van der Waals surface area contributed by atoms with E-state index in [1.54, 1.807) is 7.11 Å². The Morgan fingerprint density at radius 3 is 2.87 bits per heavy atom. The third-order valence-corrected chi connectivity index (χ3v) is 3.89. The van der Waals surface area contributed by atoms with Crippen LogP contribution in [0.25, 0.3) is 0 Å². The van der Waals surface area contributed by atoms with Gasteiger partial charge in [0, 0.05) is 32.8 Å². The Bertz CT molecular complexity index is 204. The van der Waals surface area contributed by atoms with Gasteiger partial charge in [0.25, 0.3) is 0 Å². The predicted molar refractivity (Wildman–Crippen MR) is 61.8 cm³/mol. The first kappa shape index (κ1) is 11.4. The van der Waals surface area contributed by atoms with E-state index < -0.39 is 0 Å². The van der Waals surface area contributed by atoms with Gasteiger partial charge in [-0.25, -0.2) is 0 Å². The summed E-state index contributed by atoms with van der Waals surface area (Å²) in [6.07, 6.45) is 6.50. The van der Waals surface area contributed by atoms with Crippen molar-refractivity contribution in [1.82, 2.24) is 4.90 Å². The molecule has 0 bridgehead atoms. The van der Waals surface area contributed by atoms with Crippen molar-refractivity contribution in [2.24, 2.45) is 11.1 Å². The molecule has 15 heavy (non-hydrogen) atoms. The summed E-state index contributed by atoms with van der Waals surface area (Å²) in [5.74, 6) is 0. The topological polar surface area (TPSA) is 38.5 Å². The molecule has 1 unspecified atom stereocenters. The summed E-state index contributed by atoms with van der Waals surface area (Å²) in [5, 5.41) is 0. The van der Waals surface area contributed by atoms with Crippen LogP contribution in [0.15, 0.2) is 0 Å². The minimum Gasteiger partial charge on any atom is -0.385 e. The van der Waals surface area contributed by atoms with Gasteiger partial charge in [-0.1, -0.05) is 0 Å². The molecule has 0 radical (unpaired) electrons. The smallest absolute Gasteiger partial charge is 0.0468 e. The normalized spacial score (nSPS) is 30.4. The molecule has 2 N–H and O–H groups in total. The highest BCUT2D eigenvalue weighted by Crippen LogP contribution is 2.49. The molecule has 2 aliphatic rings. The summed E-state index contributed by atoms with van der Waals surface area (Å²) in [4.78, 5) is 2.57. The largest absolute Gasteiger partial charge is 0.385 e. The first-order valence-electron chi connectivity index (χ1n) is 6.21. The van der Waals surface area contributed by atoms with Crippen LogP contribution in [0, 0.1) is 5.41 Å². The SMILES string of the molecule is COCCC1(CN2CCCC(N)C2)CC1. The molecular weight excluding hydrogens is 188 g/mol. The van der Waals surface area contributed by atoms with Crippen molar-refractivity contribution in [3.05, 3.63) is 0 Å². The Labute approximate surface area is 93.0 Å². The lowest BCUT2D eigenvalue weighted by Gasteiger charge is -2.33. The Hall–Kier alpha value is -0.120. The van der Waals surface area contributed by atoms with Gasteiger partial charge in [-0.15, -0.1) is 0 Å². The molecule has 0 amide bonds.